The van der Waals surface area contributed by atoms with Gasteiger partial charge in [-0.05, 0) is 30.2 Å². The Morgan fingerprint density at radius 3 is 2.76 bits per heavy atom. The van der Waals surface area contributed by atoms with Crippen LogP contribution >= 0.6 is 28.3 Å². The number of rotatable bonds is 2. The maximum absolute atomic E-state index is 12.7. The van der Waals surface area contributed by atoms with Crippen LogP contribution in [0.2, 0.25) is 0 Å². The zero-order chi connectivity index (χ0) is 15.1. The van der Waals surface area contributed by atoms with Gasteiger partial charge in [0.25, 0.3) is 11.8 Å². The smallest absolute Gasteiger partial charge is 0.264 e. The molecular weight excluding hydrogens is 363 g/mol. The Hall–Kier alpha value is -1.41. The van der Waals surface area contributed by atoms with Gasteiger partial charge in [0, 0.05) is 23.0 Å². The van der Waals surface area contributed by atoms with Crippen molar-refractivity contribution in [2.24, 2.45) is 0 Å². The molecule has 1 aromatic rings. The number of halogens is 2. The summed E-state index contributed by atoms with van der Waals surface area (Å²) in [5.41, 5.74) is 1.36. The first-order valence-electron chi connectivity index (χ1n) is 6.28. The second kappa shape index (κ2) is 5.42. The molecule has 0 radical (unpaired) electrons. The minimum Gasteiger partial charge on any atom is -0.322 e. The van der Waals surface area contributed by atoms with Gasteiger partial charge in [0.1, 0.15) is 6.04 Å². The second-order valence-corrected chi connectivity index (χ2v) is 6.30. The molecule has 0 spiro atoms. The van der Waals surface area contributed by atoms with Crippen molar-refractivity contribution in [1.82, 2.24) is 9.21 Å². The summed E-state index contributed by atoms with van der Waals surface area (Å²) >= 11 is 2.94. The van der Waals surface area contributed by atoms with Crippen LogP contribution in [0.1, 0.15) is 28.8 Å². The summed E-state index contributed by atoms with van der Waals surface area (Å²) in [7, 11) is 0. The molecule has 3 rings (SSSR count). The van der Waals surface area contributed by atoms with E-state index >= 15 is 0 Å². The van der Waals surface area contributed by atoms with Crippen molar-refractivity contribution < 1.29 is 18.3 Å². The molecule has 1 unspecified atom stereocenters. The normalized spacial score (nSPS) is 22.0. The number of nitrogens with zero attached hydrogens (tertiary/aromatic N) is 2. The highest BCUT2D eigenvalue weighted by molar-refractivity contribution is 9.10. The Kier molecular flexibility index (Phi) is 3.75. The molecule has 1 fully saturated rings. The van der Waals surface area contributed by atoms with Crippen LogP contribution in [-0.2, 0) is 16.1 Å². The fourth-order valence-electron chi connectivity index (χ4n) is 2.67. The maximum Gasteiger partial charge on any atom is 0.264 e. The average Bonchev–Trinajstić information content (AvgIpc) is 2.76. The largest absolute Gasteiger partial charge is 0.322 e. The number of imide groups is 1. The quantitative estimate of drug-likeness (QED) is 0.590. The van der Waals surface area contributed by atoms with Gasteiger partial charge in [0.05, 0.1) is 0 Å². The summed E-state index contributed by atoms with van der Waals surface area (Å²) in [6, 6.07) is 4.50. The van der Waals surface area contributed by atoms with Crippen molar-refractivity contribution in [1.29, 1.82) is 0 Å². The van der Waals surface area contributed by atoms with Crippen LogP contribution in [-0.4, -0.2) is 33.0 Å². The van der Waals surface area contributed by atoms with E-state index in [0.717, 1.165) is 10.0 Å². The number of carbonyl (C=O) groups is 3. The zero-order valence-corrected chi connectivity index (χ0v) is 13.1. The molecule has 21 heavy (non-hydrogen) atoms. The minimum atomic E-state index is -0.787. The molecule has 2 aliphatic heterocycles. The highest BCUT2D eigenvalue weighted by Crippen LogP contribution is 2.32. The predicted octanol–water partition coefficient (Wildman–Crippen LogP) is 2.46. The van der Waals surface area contributed by atoms with Crippen molar-refractivity contribution in [3.05, 3.63) is 33.8 Å². The van der Waals surface area contributed by atoms with Crippen LogP contribution in [0.25, 0.3) is 0 Å². The third-order valence-corrected chi connectivity index (χ3v) is 4.70. The van der Waals surface area contributed by atoms with Crippen LogP contribution in [0.5, 0.6) is 0 Å². The van der Waals surface area contributed by atoms with E-state index in [1.54, 1.807) is 12.1 Å². The van der Waals surface area contributed by atoms with E-state index in [4.69, 9.17) is 0 Å². The number of carbonyl (C=O) groups excluding carboxylic acids is 3. The summed E-state index contributed by atoms with van der Waals surface area (Å²) in [4.78, 5) is 37.4. The monoisotopic (exact) mass is 372 g/mol. The van der Waals surface area contributed by atoms with E-state index in [9.17, 15) is 18.3 Å². The van der Waals surface area contributed by atoms with E-state index in [-0.39, 0.29) is 18.7 Å². The molecule has 110 valence electrons. The fourth-order valence-corrected chi connectivity index (χ4v) is 3.44. The molecule has 3 amide bonds. The summed E-state index contributed by atoms with van der Waals surface area (Å²) in [5.74, 6) is -1.48. The fraction of sp³-hybridized carbons (Fsp3) is 0.308. The van der Waals surface area contributed by atoms with E-state index in [2.05, 4.69) is 15.9 Å². The van der Waals surface area contributed by atoms with Gasteiger partial charge in [0.15, 0.2) is 12.3 Å². The summed E-state index contributed by atoms with van der Waals surface area (Å²) in [6.07, 6.45) is 0.284. The molecule has 1 saturated heterocycles. The van der Waals surface area contributed by atoms with Crippen molar-refractivity contribution in [3.8, 4) is 0 Å². The standard InChI is InChI=1S/C13H10BrFN2O3S/c14-8-1-2-9-7(5-8)6-16(12(9)19)10-3-4-11(18)17(21-15)13(10)20/h1-2,5,10H,3-4,6H2. The third kappa shape index (κ3) is 2.36. The topological polar surface area (TPSA) is 57.7 Å². The Morgan fingerprint density at radius 1 is 1.29 bits per heavy atom. The number of benzene rings is 1. The van der Waals surface area contributed by atoms with Crippen LogP contribution in [0.15, 0.2) is 22.7 Å². The van der Waals surface area contributed by atoms with Crippen molar-refractivity contribution >= 4 is 46.0 Å². The molecule has 8 heteroatoms. The first-order chi connectivity index (χ1) is 10.0. The molecule has 5 nitrogen and oxygen atoms in total. The lowest BCUT2D eigenvalue weighted by molar-refractivity contribution is -0.145. The van der Waals surface area contributed by atoms with Gasteiger partial charge in [-0.25, -0.2) is 0 Å². The molecule has 0 bridgehead atoms. The van der Waals surface area contributed by atoms with Gasteiger partial charge in [-0.2, -0.15) is 4.31 Å². The van der Waals surface area contributed by atoms with Crippen LogP contribution in [0.4, 0.5) is 3.89 Å². The lowest BCUT2D eigenvalue weighted by Gasteiger charge is -2.32. The molecule has 0 aromatic heterocycles. The van der Waals surface area contributed by atoms with Crippen LogP contribution in [0.3, 0.4) is 0 Å². The minimum absolute atomic E-state index is 0.0527. The average molecular weight is 373 g/mol. The number of hydrogen-bond acceptors (Lipinski definition) is 4. The molecular formula is C13H10BrFN2O3S. The van der Waals surface area contributed by atoms with Crippen molar-refractivity contribution in [2.75, 3.05) is 0 Å². The van der Waals surface area contributed by atoms with Gasteiger partial charge in [0.2, 0.25) is 5.91 Å². The Bertz CT molecular complexity index is 654. The number of hydrogen-bond donors (Lipinski definition) is 0. The van der Waals surface area contributed by atoms with Crippen molar-refractivity contribution in [2.45, 2.75) is 25.4 Å². The first-order valence-corrected chi connectivity index (χ1v) is 7.74. The molecule has 1 atom stereocenters. The van der Waals surface area contributed by atoms with Gasteiger partial charge >= 0.3 is 0 Å². The van der Waals surface area contributed by atoms with Crippen LogP contribution < -0.4 is 0 Å². The maximum atomic E-state index is 12.7. The zero-order valence-electron chi connectivity index (χ0n) is 10.7. The van der Waals surface area contributed by atoms with E-state index < -0.39 is 30.2 Å². The lowest BCUT2D eigenvalue weighted by Crippen LogP contribution is -2.51. The Morgan fingerprint density at radius 2 is 2.05 bits per heavy atom. The van der Waals surface area contributed by atoms with E-state index in [1.807, 2.05) is 6.07 Å². The number of amides is 3. The summed E-state index contributed by atoms with van der Waals surface area (Å²) in [6.45, 7) is 0.295. The van der Waals surface area contributed by atoms with Gasteiger partial charge in [-0.3, -0.25) is 14.4 Å². The SMILES string of the molecule is O=C1CCC(N2Cc3cc(Br)ccc3C2=O)C(=O)N1SF. The van der Waals surface area contributed by atoms with Crippen LogP contribution in [0, 0.1) is 0 Å². The second-order valence-electron chi connectivity index (χ2n) is 4.88. The van der Waals surface area contributed by atoms with Gasteiger partial charge < -0.3 is 4.90 Å². The lowest BCUT2D eigenvalue weighted by atomic mass is 10.0. The molecule has 1 aromatic carbocycles. The summed E-state index contributed by atoms with van der Waals surface area (Å²) in [5, 5.41) is 0. The van der Waals surface area contributed by atoms with Crippen molar-refractivity contribution in [3.63, 3.8) is 0 Å². The molecule has 2 aliphatic rings. The molecule has 0 aliphatic carbocycles. The number of piperidine rings is 1. The van der Waals surface area contributed by atoms with E-state index in [0.29, 0.717) is 16.4 Å². The van der Waals surface area contributed by atoms with E-state index in [1.165, 1.54) is 4.90 Å². The summed E-state index contributed by atoms with van der Waals surface area (Å²) < 4.78 is 14.1. The Labute approximate surface area is 133 Å². The number of fused-ring (bicyclic) bond motifs is 1. The first kappa shape index (κ1) is 14.5. The van der Waals surface area contributed by atoms with Gasteiger partial charge in [-0.1, -0.05) is 15.9 Å². The molecule has 0 saturated carbocycles. The molecule has 0 N–H and O–H groups in total. The van der Waals surface area contributed by atoms with Gasteiger partial charge in [-0.15, -0.1) is 3.89 Å². The predicted molar refractivity (Wildman–Crippen MR) is 77.6 cm³/mol. The molecule has 2 heterocycles. The highest BCUT2D eigenvalue weighted by Gasteiger charge is 2.43. The highest BCUT2D eigenvalue weighted by atomic mass is 79.9. The Balaban J connectivity index is 1.88. The third-order valence-electron chi connectivity index (χ3n) is 3.69.